The molecule has 0 radical (unpaired) electrons. The highest BCUT2D eigenvalue weighted by Gasteiger charge is 2.09. The first-order chi connectivity index (χ1) is 9.69. The Morgan fingerprint density at radius 1 is 1.40 bits per heavy atom. The molecule has 0 bridgehead atoms. The fourth-order valence-corrected chi connectivity index (χ4v) is 2.41. The number of hydrogen-bond acceptors (Lipinski definition) is 3. The molecular weight excluding hydrogens is 277 g/mol. The van der Waals surface area contributed by atoms with E-state index >= 15 is 0 Å². The molecule has 0 saturated carbocycles. The van der Waals surface area contributed by atoms with Gasteiger partial charge in [0.2, 0.25) is 5.88 Å². The van der Waals surface area contributed by atoms with E-state index in [4.69, 9.17) is 17.0 Å². The van der Waals surface area contributed by atoms with E-state index in [1.807, 2.05) is 22.8 Å². The number of aromatic nitrogens is 3. The van der Waals surface area contributed by atoms with Crippen LogP contribution in [0.3, 0.4) is 0 Å². The summed E-state index contributed by atoms with van der Waals surface area (Å²) < 4.78 is 21.1. The monoisotopic (exact) mass is 289 g/mol. The summed E-state index contributed by atoms with van der Waals surface area (Å²) in [6.45, 7) is 0.529. The number of benzene rings is 1. The van der Waals surface area contributed by atoms with Crippen LogP contribution < -0.4 is 4.74 Å². The molecule has 1 aromatic carbocycles. The van der Waals surface area contributed by atoms with Gasteiger partial charge in [0.25, 0.3) is 0 Å². The Hall–Kier alpha value is -2.21. The maximum atomic E-state index is 13.7. The number of para-hydroxylation sites is 1. The van der Waals surface area contributed by atoms with Crippen LogP contribution in [0.25, 0.3) is 11.0 Å². The van der Waals surface area contributed by atoms with Crippen molar-refractivity contribution in [2.24, 2.45) is 0 Å². The molecule has 0 aliphatic heterocycles. The predicted molar refractivity (Wildman–Crippen MR) is 77.0 cm³/mol. The number of halogens is 1. The molecule has 0 aliphatic carbocycles. The van der Waals surface area contributed by atoms with Crippen molar-refractivity contribution < 1.29 is 9.13 Å². The fraction of sp³-hybridized carbons (Fsp3) is 0.143. The fourth-order valence-electron chi connectivity index (χ4n) is 2.15. The van der Waals surface area contributed by atoms with E-state index in [1.165, 1.54) is 6.07 Å². The second-order valence-electron chi connectivity index (χ2n) is 4.36. The quantitative estimate of drug-likeness (QED) is 0.752. The number of pyridine rings is 1. The first-order valence-electron chi connectivity index (χ1n) is 6.05. The molecule has 0 spiro atoms. The number of rotatable bonds is 3. The van der Waals surface area contributed by atoms with Crippen molar-refractivity contribution in [2.75, 3.05) is 7.11 Å². The largest absolute Gasteiger partial charge is 0.481 e. The Labute approximate surface area is 119 Å². The molecule has 0 amide bonds. The molecule has 0 aliphatic rings. The molecule has 6 heteroatoms. The van der Waals surface area contributed by atoms with Gasteiger partial charge in [-0.05, 0) is 36.0 Å². The van der Waals surface area contributed by atoms with Gasteiger partial charge in [0.1, 0.15) is 11.3 Å². The minimum Gasteiger partial charge on any atom is -0.481 e. The second-order valence-corrected chi connectivity index (χ2v) is 4.74. The molecule has 4 nitrogen and oxygen atoms in total. The van der Waals surface area contributed by atoms with E-state index in [-0.39, 0.29) is 5.82 Å². The minimum atomic E-state index is -0.306. The van der Waals surface area contributed by atoms with E-state index in [0.29, 0.717) is 22.7 Å². The normalized spacial score (nSPS) is 10.9. The molecule has 102 valence electrons. The highest BCUT2D eigenvalue weighted by atomic mass is 32.1. The van der Waals surface area contributed by atoms with Crippen molar-refractivity contribution in [1.82, 2.24) is 14.5 Å². The van der Waals surface area contributed by atoms with Crippen LogP contribution in [0, 0.1) is 10.6 Å². The van der Waals surface area contributed by atoms with Crippen LogP contribution >= 0.6 is 12.2 Å². The Morgan fingerprint density at radius 3 is 3.05 bits per heavy atom. The van der Waals surface area contributed by atoms with Gasteiger partial charge in [0.15, 0.2) is 4.77 Å². The Morgan fingerprint density at radius 2 is 2.25 bits per heavy atom. The Kier molecular flexibility index (Phi) is 3.23. The van der Waals surface area contributed by atoms with Gasteiger partial charge in [-0.25, -0.2) is 9.37 Å². The summed E-state index contributed by atoms with van der Waals surface area (Å²) in [4.78, 5) is 6.96. The lowest BCUT2D eigenvalue weighted by molar-refractivity contribution is 0.397. The Bertz CT molecular complexity index is 825. The molecule has 3 rings (SSSR count). The summed E-state index contributed by atoms with van der Waals surface area (Å²) in [7, 11) is 1.57. The van der Waals surface area contributed by atoms with Gasteiger partial charge in [-0.2, -0.15) is 0 Å². The number of fused-ring (bicyclic) bond motifs is 1. The number of imidazole rings is 1. The SMILES string of the molecule is COc1cc(Cn2c(=S)[nH]c3c(F)cccc32)ccn1. The lowest BCUT2D eigenvalue weighted by Gasteiger charge is -2.06. The smallest absolute Gasteiger partial charge is 0.213 e. The minimum absolute atomic E-state index is 0.306. The van der Waals surface area contributed by atoms with Gasteiger partial charge in [-0.1, -0.05) is 6.07 Å². The third-order valence-corrected chi connectivity index (χ3v) is 3.43. The maximum absolute atomic E-state index is 13.7. The van der Waals surface area contributed by atoms with Crippen molar-refractivity contribution in [3.8, 4) is 5.88 Å². The molecule has 3 aromatic rings. The average Bonchev–Trinajstić information content (AvgIpc) is 2.78. The molecule has 1 N–H and O–H groups in total. The van der Waals surface area contributed by atoms with Crippen molar-refractivity contribution in [1.29, 1.82) is 0 Å². The number of nitrogens with zero attached hydrogens (tertiary/aromatic N) is 2. The topological polar surface area (TPSA) is 42.8 Å². The summed E-state index contributed by atoms with van der Waals surface area (Å²) in [5.74, 6) is 0.236. The number of ether oxygens (including phenoxy) is 1. The van der Waals surface area contributed by atoms with Crippen LogP contribution in [0.5, 0.6) is 5.88 Å². The molecule has 20 heavy (non-hydrogen) atoms. The summed E-state index contributed by atoms with van der Waals surface area (Å²) in [5.41, 5.74) is 2.16. The van der Waals surface area contributed by atoms with Crippen LogP contribution in [0.4, 0.5) is 4.39 Å². The third kappa shape index (κ3) is 2.18. The third-order valence-electron chi connectivity index (χ3n) is 3.11. The van der Waals surface area contributed by atoms with Crippen LogP contribution in [-0.4, -0.2) is 21.6 Å². The van der Waals surface area contributed by atoms with Crippen molar-refractivity contribution in [3.63, 3.8) is 0 Å². The van der Waals surface area contributed by atoms with Gasteiger partial charge < -0.3 is 14.3 Å². The van der Waals surface area contributed by atoms with Gasteiger partial charge in [-0.15, -0.1) is 0 Å². The van der Waals surface area contributed by atoms with Crippen LogP contribution in [0.2, 0.25) is 0 Å². The number of aromatic amines is 1. The van der Waals surface area contributed by atoms with Gasteiger partial charge in [0.05, 0.1) is 19.2 Å². The predicted octanol–water partition coefficient (Wildman–Crippen LogP) is 3.29. The van der Waals surface area contributed by atoms with Crippen LogP contribution in [0.15, 0.2) is 36.5 Å². The molecule has 0 saturated heterocycles. The molecule has 0 fully saturated rings. The second kappa shape index (κ2) is 5.05. The van der Waals surface area contributed by atoms with Crippen molar-refractivity contribution in [3.05, 3.63) is 52.7 Å². The first-order valence-corrected chi connectivity index (χ1v) is 6.46. The van der Waals surface area contributed by atoms with Crippen molar-refractivity contribution >= 4 is 23.3 Å². The maximum Gasteiger partial charge on any atom is 0.213 e. The first kappa shape index (κ1) is 12.8. The zero-order chi connectivity index (χ0) is 14.1. The standard InChI is InChI=1S/C14H12FN3OS/c1-19-12-7-9(5-6-16-12)8-18-11-4-2-3-10(15)13(11)17-14(18)20/h2-7H,8H2,1H3,(H,17,20). The zero-order valence-corrected chi connectivity index (χ0v) is 11.6. The summed E-state index contributed by atoms with van der Waals surface area (Å²) in [6.07, 6.45) is 1.67. The molecule has 0 unspecified atom stereocenters. The van der Waals surface area contributed by atoms with E-state index in [9.17, 15) is 4.39 Å². The van der Waals surface area contributed by atoms with E-state index in [0.717, 1.165) is 11.1 Å². The number of hydrogen-bond donors (Lipinski definition) is 1. The number of H-pyrrole nitrogens is 1. The van der Waals surface area contributed by atoms with Gasteiger partial charge in [0, 0.05) is 12.3 Å². The summed E-state index contributed by atoms with van der Waals surface area (Å²) in [5, 5.41) is 0. The molecular formula is C14H12FN3OS. The highest BCUT2D eigenvalue weighted by molar-refractivity contribution is 7.71. The molecule has 0 atom stereocenters. The van der Waals surface area contributed by atoms with Crippen molar-refractivity contribution in [2.45, 2.75) is 6.54 Å². The van der Waals surface area contributed by atoms with E-state index in [1.54, 1.807) is 19.4 Å². The van der Waals surface area contributed by atoms with E-state index < -0.39 is 0 Å². The number of nitrogens with one attached hydrogen (secondary N) is 1. The van der Waals surface area contributed by atoms with E-state index in [2.05, 4.69) is 9.97 Å². The molecule has 2 heterocycles. The van der Waals surface area contributed by atoms with Gasteiger partial charge >= 0.3 is 0 Å². The number of methoxy groups -OCH3 is 1. The lowest BCUT2D eigenvalue weighted by Crippen LogP contribution is -2.00. The summed E-state index contributed by atoms with van der Waals surface area (Å²) >= 11 is 5.27. The lowest BCUT2D eigenvalue weighted by atomic mass is 10.2. The molecule has 2 aromatic heterocycles. The average molecular weight is 289 g/mol. The van der Waals surface area contributed by atoms with Gasteiger partial charge in [-0.3, -0.25) is 0 Å². The highest BCUT2D eigenvalue weighted by Crippen LogP contribution is 2.19. The van der Waals surface area contributed by atoms with Crippen LogP contribution in [-0.2, 0) is 6.54 Å². The Balaban J connectivity index is 2.08. The van der Waals surface area contributed by atoms with Crippen LogP contribution in [0.1, 0.15) is 5.56 Å². The zero-order valence-electron chi connectivity index (χ0n) is 10.8. The summed E-state index contributed by atoms with van der Waals surface area (Å²) in [6, 6.07) is 8.63.